The zero-order valence-corrected chi connectivity index (χ0v) is 13.7. The Bertz CT molecular complexity index is 450. The van der Waals surface area contributed by atoms with Gasteiger partial charge in [0.2, 0.25) is 0 Å². The van der Waals surface area contributed by atoms with Gasteiger partial charge in [0.05, 0.1) is 16.8 Å². The number of carbonyl (C=O) groups is 1. The van der Waals surface area contributed by atoms with Crippen molar-refractivity contribution in [2.45, 2.75) is 51.6 Å². The molecule has 1 aliphatic rings. The van der Waals surface area contributed by atoms with Gasteiger partial charge >= 0.3 is 6.03 Å². The van der Waals surface area contributed by atoms with E-state index in [9.17, 15) is 9.90 Å². The molecule has 2 amide bonds. The number of aliphatic hydroxyl groups excluding tert-OH is 1. The summed E-state index contributed by atoms with van der Waals surface area (Å²) in [6, 6.07) is -0.130. The summed E-state index contributed by atoms with van der Waals surface area (Å²) in [5, 5.41) is 13.3. The maximum absolute atomic E-state index is 11.7. The molecule has 2 N–H and O–H groups in total. The quantitative estimate of drug-likeness (QED) is 0.790. The second-order valence-corrected chi connectivity index (χ2v) is 6.92. The van der Waals surface area contributed by atoms with Crippen molar-refractivity contribution in [2.24, 2.45) is 0 Å². The molecule has 0 bridgehead atoms. The number of aryl methyl sites for hydroxylation is 3. The third-order valence-corrected chi connectivity index (χ3v) is 4.84. The van der Waals surface area contributed by atoms with E-state index >= 15 is 0 Å². The summed E-state index contributed by atoms with van der Waals surface area (Å²) in [5.74, 6) is 0. The monoisotopic (exact) mass is 311 g/mol. The molecule has 5 nitrogen and oxygen atoms in total. The Kier molecular flexibility index (Phi) is 5.99. The second-order valence-electron chi connectivity index (χ2n) is 5.75. The zero-order valence-electron chi connectivity index (χ0n) is 12.9. The molecule has 1 aliphatic carbocycles. The Labute approximate surface area is 130 Å². The number of hydrogen-bond acceptors (Lipinski definition) is 4. The first-order chi connectivity index (χ1) is 10.1. The third kappa shape index (κ3) is 4.97. The smallest absolute Gasteiger partial charge is 0.317 e. The van der Waals surface area contributed by atoms with E-state index in [1.165, 1.54) is 39.7 Å². The largest absolute Gasteiger partial charge is 0.392 e. The van der Waals surface area contributed by atoms with Crippen LogP contribution >= 0.6 is 11.3 Å². The van der Waals surface area contributed by atoms with Crippen LogP contribution in [0.5, 0.6) is 0 Å². The van der Waals surface area contributed by atoms with Crippen LogP contribution in [-0.4, -0.2) is 47.3 Å². The van der Waals surface area contributed by atoms with Crippen molar-refractivity contribution >= 4 is 17.4 Å². The van der Waals surface area contributed by atoms with Gasteiger partial charge in [-0.2, -0.15) is 0 Å². The lowest BCUT2D eigenvalue weighted by Gasteiger charge is -2.19. The molecule has 118 valence electrons. The highest BCUT2D eigenvalue weighted by Gasteiger charge is 2.15. The second kappa shape index (κ2) is 7.75. The Morgan fingerprint density at radius 3 is 2.95 bits per heavy atom. The van der Waals surface area contributed by atoms with Gasteiger partial charge in [-0.3, -0.25) is 0 Å². The van der Waals surface area contributed by atoms with E-state index in [0.29, 0.717) is 13.1 Å². The van der Waals surface area contributed by atoms with E-state index in [4.69, 9.17) is 4.98 Å². The summed E-state index contributed by atoms with van der Waals surface area (Å²) in [7, 11) is 1.69. The SMILES string of the molecule is CC(O)CN(C)C(=O)NCCCc1nc2c(s1)CCCC2. The lowest BCUT2D eigenvalue weighted by atomic mass is 10.0. The first kappa shape index (κ1) is 16.2. The van der Waals surface area contributed by atoms with Gasteiger partial charge in [0.25, 0.3) is 0 Å². The molecule has 1 aromatic heterocycles. The number of urea groups is 1. The van der Waals surface area contributed by atoms with Crippen LogP contribution < -0.4 is 5.32 Å². The van der Waals surface area contributed by atoms with Crippen LogP contribution in [-0.2, 0) is 19.3 Å². The van der Waals surface area contributed by atoms with Gasteiger partial charge in [0, 0.05) is 31.4 Å². The Morgan fingerprint density at radius 1 is 1.48 bits per heavy atom. The first-order valence-corrected chi connectivity index (χ1v) is 8.52. The molecule has 0 aromatic carbocycles. The highest BCUT2D eigenvalue weighted by Crippen LogP contribution is 2.27. The van der Waals surface area contributed by atoms with Crippen LogP contribution in [0.1, 0.15) is 41.8 Å². The molecular weight excluding hydrogens is 286 g/mol. The number of thiazole rings is 1. The first-order valence-electron chi connectivity index (χ1n) is 7.70. The summed E-state index contributed by atoms with van der Waals surface area (Å²) in [6.07, 6.45) is 6.21. The summed E-state index contributed by atoms with van der Waals surface area (Å²) in [5.41, 5.74) is 1.31. The van der Waals surface area contributed by atoms with Gasteiger partial charge < -0.3 is 15.3 Å². The fourth-order valence-electron chi connectivity index (χ4n) is 2.56. The Hall–Kier alpha value is -1.14. The number of amides is 2. The predicted octanol–water partition coefficient (Wildman–Crippen LogP) is 1.98. The minimum absolute atomic E-state index is 0.130. The molecule has 0 fully saturated rings. The van der Waals surface area contributed by atoms with Gasteiger partial charge in [-0.15, -0.1) is 11.3 Å². The number of carbonyl (C=O) groups excluding carboxylic acids is 1. The maximum Gasteiger partial charge on any atom is 0.317 e. The molecule has 0 aliphatic heterocycles. The van der Waals surface area contributed by atoms with Crippen LogP contribution in [0.3, 0.4) is 0 Å². The fraction of sp³-hybridized carbons (Fsp3) is 0.733. The van der Waals surface area contributed by atoms with E-state index in [1.54, 1.807) is 14.0 Å². The number of aliphatic hydroxyl groups is 1. The van der Waals surface area contributed by atoms with Gasteiger partial charge in [0.15, 0.2) is 0 Å². The molecular formula is C15H25N3O2S. The van der Waals surface area contributed by atoms with Crippen molar-refractivity contribution in [3.8, 4) is 0 Å². The van der Waals surface area contributed by atoms with Crippen LogP contribution in [0.15, 0.2) is 0 Å². The average Bonchev–Trinajstić information content (AvgIpc) is 2.85. The van der Waals surface area contributed by atoms with Crippen molar-refractivity contribution in [1.29, 1.82) is 0 Å². The summed E-state index contributed by atoms with van der Waals surface area (Å²) in [4.78, 5) is 19.4. The Balaban J connectivity index is 1.67. The number of hydrogen-bond donors (Lipinski definition) is 2. The van der Waals surface area contributed by atoms with E-state index in [0.717, 1.165) is 19.3 Å². The molecule has 0 spiro atoms. The van der Waals surface area contributed by atoms with Crippen molar-refractivity contribution < 1.29 is 9.90 Å². The number of fused-ring (bicyclic) bond motifs is 1. The number of likely N-dealkylation sites (N-methyl/N-ethyl adjacent to an activating group) is 1. The van der Waals surface area contributed by atoms with Crippen molar-refractivity contribution in [3.05, 3.63) is 15.6 Å². The number of rotatable bonds is 6. The van der Waals surface area contributed by atoms with Gasteiger partial charge in [0.1, 0.15) is 0 Å². The van der Waals surface area contributed by atoms with Crippen LogP contribution in [0.25, 0.3) is 0 Å². The average molecular weight is 311 g/mol. The van der Waals surface area contributed by atoms with E-state index in [2.05, 4.69) is 5.32 Å². The third-order valence-electron chi connectivity index (χ3n) is 3.62. The molecule has 0 radical (unpaired) electrons. The molecule has 0 saturated carbocycles. The molecule has 2 rings (SSSR count). The molecule has 1 aromatic rings. The molecule has 1 heterocycles. The maximum atomic E-state index is 11.7. The molecule has 21 heavy (non-hydrogen) atoms. The number of aromatic nitrogens is 1. The number of nitrogens with one attached hydrogen (secondary N) is 1. The van der Waals surface area contributed by atoms with E-state index in [-0.39, 0.29) is 6.03 Å². The lowest BCUT2D eigenvalue weighted by Crippen LogP contribution is -2.41. The predicted molar refractivity (Wildman–Crippen MR) is 84.8 cm³/mol. The number of nitrogens with zero attached hydrogens (tertiary/aromatic N) is 2. The molecule has 1 atom stereocenters. The van der Waals surface area contributed by atoms with Gasteiger partial charge in [-0.1, -0.05) is 0 Å². The molecule has 1 unspecified atom stereocenters. The minimum Gasteiger partial charge on any atom is -0.392 e. The van der Waals surface area contributed by atoms with Crippen molar-refractivity contribution in [3.63, 3.8) is 0 Å². The summed E-state index contributed by atoms with van der Waals surface area (Å²) < 4.78 is 0. The van der Waals surface area contributed by atoms with Gasteiger partial charge in [-0.05, 0) is 39.0 Å². The van der Waals surface area contributed by atoms with E-state index in [1.807, 2.05) is 11.3 Å². The summed E-state index contributed by atoms with van der Waals surface area (Å²) in [6.45, 7) is 2.67. The van der Waals surface area contributed by atoms with Crippen LogP contribution in [0.2, 0.25) is 0 Å². The van der Waals surface area contributed by atoms with Gasteiger partial charge in [-0.25, -0.2) is 9.78 Å². The molecule has 6 heteroatoms. The standard InChI is InChI=1S/C15H25N3O2S/c1-11(19)10-18(2)15(20)16-9-5-8-14-17-12-6-3-4-7-13(12)21-14/h11,19H,3-10H2,1-2H3,(H,16,20). The van der Waals surface area contributed by atoms with Crippen LogP contribution in [0, 0.1) is 0 Å². The fourth-order valence-corrected chi connectivity index (χ4v) is 3.76. The molecule has 0 saturated heterocycles. The normalized spacial score (nSPS) is 15.4. The highest BCUT2D eigenvalue weighted by molar-refractivity contribution is 7.11. The highest BCUT2D eigenvalue weighted by atomic mass is 32.1. The topological polar surface area (TPSA) is 65.5 Å². The van der Waals surface area contributed by atoms with Crippen LogP contribution in [0.4, 0.5) is 4.79 Å². The Morgan fingerprint density at radius 2 is 2.24 bits per heavy atom. The van der Waals surface area contributed by atoms with Crippen molar-refractivity contribution in [1.82, 2.24) is 15.2 Å². The van der Waals surface area contributed by atoms with Crippen molar-refractivity contribution in [2.75, 3.05) is 20.1 Å². The van der Waals surface area contributed by atoms with E-state index < -0.39 is 6.10 Å². The lowest BCUT2D eigenvalue weighted by molar-refractivity contribution is 0.144. The summed E-state index contributed by atoms with van der Waals surface area (Å²) >= 11 is 1.84. The zero-order chi connectivity index (χ0) is 15.2. The minimum atomic E-state index is -0.498.